The first-order valence-corrected chi connectivity index (χ1v) is 7.60. The molecule has 2 rings (SSSR count). The number of guanidine groups is 1. The van der Waals surface area contributed by atoms with Gasteiger partial charge in [-0.05, 0) is 49.9 Å². The summed E-state index contributed by atoms with van der Waals surface area (Å²) in [6.07, 6.45) is 6.62. The minimum absolute atomic E-state index is 0.625. The van der Waals surface area contributed by atoms with Crippen molar-refractivity contribution in [1.82, 2.24) is 10.6 Å². The fourth-order valence-electron chi connectivity index (χ4n) is 2.99. The third-order valence-corrected chi connectivity index (χ3v) is 4.71. The molecule has 0 aromatic heterocycles. The van der Waals surface area contributed by atoms with Gasteiger partial charge in [0.05, 0.1) is 0 Å². The Morgan fingerprint density at radius 3 is 2.17 bits per heavy atom. The van der Waals surface area contributed by atoms with Gasteiger partial charge in [-0.2, -0.15) is 0 Å². The van der Waals surface area contributed by atoms with Crippen LogP contribution in [0.4, 0.5) is 0 Å². The highest BCUT2D eigenvalue weighted by Crippen LogP contribution is 2.30. The van der Waals surface area contributed by atoms with E-state index in [4.69, 9.17) is 0 Å². The van der Waals surface area contributed by atoms with Crippen LogP contribution in [0.2, 0.25) is 0 Å². The molecule has 0 amide bonds. The Kier molecular flexibility index (Phi) is 4.52. The summed E-state index contributed by atoms with van der Waals surface area (Å²) in [5.74, 6) is 3.61. The van der Waals surface area contributed by atoms with Crippen LogP contribution in [0.1, 0.15) is 52.9 Å². The second-order valence-electron chi connectivity index (χ2n) is 6.54. The van der Waals surface area contributed by atoms with Crippen molar-refractivity contribution in [3.63, 3.8) is 0 Å². The van der Waals surface area contributed by atoms with Crippen molar-refractivity contribution in [2.24, 2.45) is 22.7 Å². The maximum atomic E-state index is 4.35. The van der Waals surface area contributed by atoms with E-state index in [1.54, 1.807) is 0 Å². The lowest BCUT2D eigenvalue weighted by Gasteiger charge is -2.32. The second-order valence-corrected chi connectivity index (χ2v) is 6.54. The molecular formula is C15H29N3. The highest BCUT2D eigenvalue weighted by atomic mass is 15.2. The van der Waals surface area contributed by atoms with Gasteiger partial charge in [0.15, 0.2) is 5.96 Å². The Bertz CT molecular complexity index is 290. The molecule has 2 aliphatic rings. The van der Waals surface area contributed by atoms with Crippen molar-refractivity contribution in [3.05, 3.63) is 0 Å². The summed E-state index contributed by atoms with van der Waals surface area (Å²) in [6.45, 7) is 7.00. The number of hydrogen-bond acceptors (Lipinski definition) is 1. The summed E-state index contributed by atoms with van der Waals surface area (Å²) in [4.78, 5) is 4.35. The number of nitrogens with zero attached hydrogens (tertiary/aromatic N) is 1. The summed E-state index contributed by atoms with van der Waals surface area (Å²) >= 11 is 0. The average Bonchev–Trinajstić information content (AvgIpc) is 3.04. The van der Waals surface area contributed by atoms with Gasteiger partial charge in [0.2, 0.25) is 0 Å². The van der Waals surface area contributed by atoms with Crippen LogP contribution < -0.4 is 10.6 Å². The van der Waals surface area contributed by atoms with Crippen LogP contribution in [-0.2, 0) is 0 Å². The third-order valence-electron chi connectivity index (χ3n) is 4.71. The topological polar surface area (TPSA) is 36.4 Å². The molecule has 3 heteroatoms. The highest BCUT2D eigenvalue weighted by Gasteiger charge is 2.33. The van der Waals surface area contributed by atoms with Crippen molar-refractivity contribution >= 4 is 5.96 Å². The predicted octanol–water partition coefficient (Wildman–Crippen LogP) is 2.77. The normalized spacial score (nSPS) is 36.6. The summed E-state index contributed by atoms with van der Waals surface area (Å²) in [6, 6.07) is 1.28. The largest absolute Gasteiger partial charge is 0.354 e. The van der Waals surface area contributed by atoms with Crippen LogP contribution in [0.25, 0.3) is 0 Å². The molecule has 0 radical (unpaired) electrons. The lowest BCUT2D eigenvalue weighted by atomic mass is 9.80. The smallest absolute Gasteiger partial charge is 0.191 e. The van der Waals surface area contributed by atoms with Gasteiger partial charge in [-0.1, -0.05) is 20.8 Å². The van der Waals surface area contributed by atoms with Crippen LogP contribution in [0.5, 0.6) is 0 Å². The molecule has 2 saturated carbocycles. The van der Waals surface area contributed by atoms with Crippen molar-refractivity contribution in [2.45, 2.75) is 65.0 Å². The monoisotopic (exact) mass is 251 g/mol. The highest BCUT2D eigenvalue weighted by molar-refractivity contribution is 5.80. The Morgan fingerprint density at radius 1 is 1.11 bits per heavy atom. The van der Waals surface area contributed by atoms with Crippen LogP contribution in [0, 0.1) is 17.8 Å². The van der Waals surface area contributed by atoms with Gasteiger partial charge in [0.1, 0.15) is 0 Å². The zero-order valence-corrected chi connectivity index (χ0v) is 12.4. The fourth-order valence-corrected chi connectivity index (χ4v) is 2.99. The van der Waals surface area contributed by atoms with Gasteiger partial charge in [-0.3, -0.25) is 4.99 Å². The van der Waals surface area contributed by atoms with Gasteiger partial charge in [-0.15, -0.1) is 0 Å². The molecule has 18 heavy (non-hydrogen) atoms. The first kappa shape index (κ1) is 13.7. The first-order chi connectivity index (χ1) is 8.60. The van der Waals surface area contributed by atoms with Gasteiger partial charge in [-0.25, -0.2) is 0 Å². The van der Waals surface area contributed by atoms with E-state index in [0.717, 1.165) is 23.7 Å². The lowest BCUT2D eigenvalue weighted by molar-refractivity contribution is 0.250. The predicted molar refractivity (Wildman–Crippen MR) is 77.8 cm³/mol. The van der Waals surface area contributed by atoms with E-state index in [0.29, 0.717) is 12.1 Å². The molecule has 2 fully saturated rings. The van der Waals surface area contributed by atoms with E-state index >= 15 is 0 Å². The zero-order chi connectivity index (χ0) is 13.1. The molecule has 2 aliphatic carbocycles. The van der Waals surface area contributed by atoms with E-state index in [1.165, 1.54) is 32.1 Å². The summed E-state index contributed by atoms with van der Waals surface area (Å²) in [7, 11) is 1.88. The molecule has 0 aromatic carbocycles. The zero-order valence-electron chi connectivity index (χ0n) is 12.4. The Labute approximate surface area is 112 Å². The van der Waals surface area contributed by atoms with Crippen LogP contribution >= 0.6 is 0 Å². The molecule has 3 nitrogen and oxygen atoms in total. The third kappa shape index (κ3) is 3.63. The van der Waals surface area contributed by atoms with Crippen LogP contribution in [-0.4, -0.2) is 25.1 Å². The number of rotatable bonds is 3. The van der Waals surface area contributed by atoms with Crippen molar-refractivity contribution in [1.29, 1.82) is 0 Å². The minimum atomic E-state index is 0.625. The molecule has 0 aliphatic heterocycles. The van der Waals surface area contributed by atoms with E-state index in [2.05, 4.69) is 36.4 Å². The van der Waals surface area contributed by atoms with Gasteiger partial charge in [0.25, 0.3) is 0 Å². The molecule has 104 valence electrons. The van der Waals surface area contributed by atoms with Crippen molar-refractivity contribution < 1.29 is 0 Å². The van der Waals surface area contributed by atoms with E-state index in [9.17, 15) is 0 Å². The minimum Gasteiger partial charge on any atom is -0.354 e. The average molecular weight is 251 g/mol. The Hall–Kier alpha value is -0.730. The molecule has 0 spiro atoms. The van der Waals surface area contributed by atoms with Crippen molar-refractivity contribution in [2.75, 3.05) is 7.05 Å². The maximum Gasteiger partial charge on any atom is 0.191 e. The number of hydrogen-bond donors (Lipinski definition) is 2. The lowest BCUT2D eigenvalue weighted by Crippen LogP contribution is -2.46. The molecule has 0 heterocycles. The molecular weight excluding hydrogens is 222 g/mol. The van der Waals surface area contributed by atoms with Gasteiger partial charge in [0, 0.05) is 19.1 Å². The summed E-state index contributed by atoms with van der Waals surface area (Å²) in [5.41, 5.74) is 0. The van der Waals surface area contributed by atoms with Crippen molar-refractivity contribution in [3.8, 4) is 0 Å². The molecule has 0 saturated heterocycles. The first-order valence-electron chi connectivity index (χ1n) is 7.60. The van der Waals surface area contributed by atoms with Gasteiger partial charge < -0.3 is 10.6 Å². The van der Waals surface area contributed by atoms with Gasteiger partial charge >= 0.3 is 0 Å². The maximum absolute atomic E-state index is 4.35. The molecule has 2 atom stereocenters. The van der Waals surface area contributed by atoms with E-state index < -0.39 is 0 Å². The molecule has 2 unspecified atom stereocenters. The fraction of sp³-hybridized carbons (Fsp3) is 0.933. The number of nitrogens with one attached hydrogen (secondary N) is 2. The summed E-state index contributed by atoms with van der Waals surface area (Å²) in [5, 5.41) is 7.11. The Morgan fingerprint density at radius 2 is 1.72 bits per heavy atom. The Balaban J connectivity index is 1.72. The molecule has 2 N–H and O–H groups in total. The number of aliphatic imine (C=N–C) groups is 1. The van der Waals surface area contributed by atoms with E-state index in [-0.39, 0.29) is 0 Å². The standard InChI is InChI=1S/C15H29N3/c1-10(2)12-5-7-13(8-6-12)17-15(16-4)18-14-9-11(14)3/h10-14H,5-9H2,1-4H3,(H2,16,17,18). The SMILES string of the molecule is CN=C(NC1CCC(C(C)C)CC1)NC1CC1C. The van der Waals surface area contributed by atoms with Crippen LogP contribution in [0.3, 0.4) is 0 Å². The summed E-state index contributed by atoms with van der Waals surface area (Å²) < 4.78 is 0. The van der Waals surface area contributed by atoms with E-state index in [1.807, 2.05) is 7.05 Å². The molecule has 0 aromatic rings. The second kappa shape index (κ2) is 5.94. The van der Waals surface area contributed by atoms with Crippen LogP contribution in [0.15, 0.2) is 4.99 Å². The molecule has 0 bridgehead atoms. The quantitative estimate of drug-likeness (QED) is 0.598.